The van der Waals surface area contributed by atoms with Gasteiger partial charge in [0.25, 0.3) is 0 Å². The molecule has 1 atom stereocenters. The van der Waals surface area contributed by atoms with Crippen molar-refractivity contribution in [3.05, 3.63) is 0 Å². The minimum absolute atomic E-state index is 0.00771. The molecule has 1 saturated carbocycles. The average Bonchev–Trinajstić information content (AvgIpc) is 2.94. The molecular weight excluding hydrogens is 168 g/mol. The van der Waals surface area contributed by atoms with E-state index < -0.39 is 0 Å². The zero-order chi connectivity index (χ0) is 9.68. The molecule has 0 aromatic carbocycles. The van der Waals surface area contributed by atoms with Crippen molar-refractivity contribution in [2.75, 3.05) is 19.7 Å². The third kappa shape index (κ3) is 4.85. The first-order chi connectivity index (χ1) is 6.22. The largest absolute Gasteiger partial charge is 0.395 e. The summed E-state index contributed by atoms with van der Waals surface area (Å²) in [4.78, 5) is 11.1. The maximum atomic E-state index is 11.1. The standard InChI is InChI=1S/C9H18N2O2/c1-7(6-12)10-5-9(13)11-4-8-2-3-8/h7-8,10,12H,2-6H2,1H3,(H,11,13). The second kappa shape index (κ2) is 5.19. The fourth-order valence-electron chi connectivity index (χ4n) is 0.974. The van der Waals surface area contributed by atoms with E-state index in [0.29, 0.717) is 6.54 Å². The molecule has 1 rings (SSSR count). The Morgan fingerprint density at radius 3 is 2.85 bits per heavy atom. The molecule has 0 bridgehead atoms. The fourth-order valence-corrected chi connectivity index (χ4v) is 0.974. The molecular formula is C9H18N2O2. The highest BCUT2D eigenvalue weighted by Crippen LogP contribution is 2.27. The minimum Gasteiger partial charge on any atom is -0.395 e. The molecule has 1 aliphatic carbocycles. The van der Waals surface area contributed by atoms with Gasteiger partial charge in [0, 0.05) is 12.6 Å². The molecule has 76 valence electrons. The quantitative estimate of drug-likeness (QED) is 0.523. The maximum Gasteiger partial charge on any atom is 0.233 e. The first-order valence-electron chi connectivity index (χ1n) is 4.83. The number of hydrogen-bond acceptors (Lipinski definition) is 3. The van der Waals surface area contributed by atoms with Crippen LogP contribution in [0.2, 0.25) is 0 Å². The van der Waals surface area contributed by atoms with Crippen LogP contribution in [0.25, 0.3) is 0 Å². The lowest BCUT2D eigenvalue weighted by Crippen LogP contribution is -2.39. The number of rotatable bonds is 6. The highest BCUT2D eigenvalue weighted by molar-refractivity contribution is 5.78. The Balaban J connectivity index is 1.96. The molecule has 4 nitrogen and oxygen atoms in total. The van der Waals surface area contributed by atoms with Gasteiger partial charge in [-0.05, 0) is 25.7 Å². The van der Waals surface area contributed by atoms with E-state index >= 15 is 0 Å². The Morgan fingerprint density at radius 1 is 1.62 bits per heavy atom. The molecule has 0 spiro atoms. The Kier molecular flexibility index (Phi) is 4.18. The van der Waals surface area contributed by atoms with Crippen LogP contribution in [0.5, 0.6) is 0 Å². The van der Waals surface area contributed by atoms with Crippen molar-refractivity contribution in [3.63, 3.8) is 0 Å². The summed E-state index contributed by atoms with van der Waals surface area (Å²) in [5.41, 5.74) is 0. The van der Waals surface area contributed by atoms with Crippen molar-refractivity contribution in [2.45, 2.75) is 25.8 Å². The Bertz CT molecular complexity index is 169. The van der Waals surface area contributed by atoms with E-state index in [2.05, 4.69) is 10.6 Å². The number of amides is 1. The lowest BCUT2D eigenvalue weighted by Gasteiger charge is -2.10. The number of aliphatic hydroxyl groups excluding tert-OH is 1. The van der Waals surface area contributed by atoms with Gasteiger partial charge in [-0.3, -0.25) is 4.79 Å². The highest BCUT2D eigenvalue weighted by Gasteiger charge is 2.21. The van der Waals surface area contributed by atoms with E-state index in [1.807, 2.05) is 6.92 Å². The maximum absolute atomic E-state index is 11.1. The van der Waals surface area contributed by atoms with Crippen LogP contribution in [0.4, 0.5) is 0 Å². The van der Waals surface area contributed by atoms with Gasteiger partial charge in [-0.15, -0.1) is 0 Å². The second-order valence-electron chi connectivity index (χ2n) is 3.71. The lowest BCUT2D eigenvalue weighted by atomic mass is 10.3. The lowest BCUT2D eigenvalue weighted by molar-refractivity contribution is -0.120. The van der Waals surface area contributed by atoms with Crippen LogP contribution < -0.4 is 10.6 Å². The van der Waals surface area contributed by atoms with Gasteiger partial charge in [-0.25, -0.2) is 0 Å². The smallest absolute Gasteiger partial charge is 0.233 e. The molecule has 13 heavy (non-hydrogen) atoms. The zero-order valence-electron chi connectivity index (χ0n) is 8.05. The van der Waals surface area contributed by atoms with Gasteiger partial charge in [-0.1, -0.05) is 0 Å². The second-order valence-corrected chi connectivity index (χ2v) is 3.71. The molecule has 1 fully saturated rings. The van der Waals surface area contributed by atoms with E-state index in [9.17, 15) is 4.79 Å². The number of carbonyl (C=O) groups is 1. The summed E-state index contributed by atoms with van der Waals surface area (Å²) in [7, 11) is 0. The van der Waals surface area contributed by atoms with Crippen LogP contribution in [0.1, 0.15) is 19.8 Å². The van der Waals surface area contributed by atoms with Gasteiger partial charge in [0.15, 0.2) is 0 Å². The summed E-state index contributed by atoms with van der Waals surface area (Å²) in [6, 6.07) is -0.00771. The summed E-state index contributed by atoms with van der Waals surface area (Å²) >= 11 is 0. The van der Waals surface area contributed by atoms with Crippen molar-refractivity contribution in [2.24, 2.45) is 5.92 Å². The topological polar surface area (TPSA) is 61.4 Å². The van der Waals surface area contributed by atoms with E-state index in [4.69, 9.17) is 5.11 Å². The molecule has 0 aromatic rings. The van der Waals surface area contributed by atoms with Gasteiger partial charge in [0.05, 0.1) is 13.2 Å². The number of carbonyl (C=O) groups excluding carboxylic acids is 1. The summed E-state index contributed by atoms with van der Waals surface area (Å²) in [6.45, 7) is 3.02. The third-order valence-electron chi connectivity index (χ3n) is 2.17. The number of nitrogens with one attached hydrogen (secondary N) is 2. The Labute approximate surface area is 78.7 Å². The monoisotopic (exact) mass is 186 g/mol. The van der Waals surface area contributed by atoms with E-state index in [1.165, 1.54) is 12.8 Å². The van der Waals surface area contributed by atoms with E-state index in [-0.39, 0.29) is 18.6 Å². The van der Waals surface area contributed by atoms with E-state index in [0.717, 1.165) is 12.5 Å². The Hall–Kier alpha value is -0.610. The van der Waals surface area contributed by atoms with E-state index in [1.54, 1.807) is 0 Å². The van der Waals surface area contributed by atoms with Crippen molar-refractivity contribution in [1.82, 2.24) is 10.6 Å². The number of aliphatic hydroxyl groups is 1. The molecule has 0 radical (unpaired) electrons. The predicted molar refractivity (Wildman–Crippen MR) is 50.3 cm³/mol. The van der Waals surface area contributed by atoms with Crippen LogP contribution in [0.3, 0.4) is 0 Å². The molecule has 3 N–H and O–H groups in total. The molecule has 1 amide bonds. The molecule has 0 saturated heterocycles. The first-order valence-corrected chi connectivity index (χ1v) is 4.83. The average molecular weight is 186 g/mol. The van der Waals surface area contributed by atoms with Gasteiger partial charge in [0.2, 0.25) is 5.91 Å². The molecule has 1 unspecified atom stereocenters. The van der Waals surface area contributed by atoms with Crippen LogP contribution in [0.15, 0.2) is 0 Å². The molecule has 1 aliphatic rings. The molecule has 0 aromatic heterocycles. The summed E-state index contributed by atoms with van der Waals surface area (Å²) < 4.78 is 0. The van der Waals surface area contributed by atoms with Gasteiger partial charge < -0.3 is 15.7 Å². The van der Waals surface area contributed by atoms with Crippen LogP contribution in [0, 0.1) is 5.92 Å². The third-order valence-corrected chi connectivity index (χ3v) is 2.17. The number of hydrogen-bond donors (Lipinski definition) is 3. The molecule has 4 heteroatoms. The summed E-state index contributed by atoms with van der Waals surface area (Å²) in [5, 5.41) is 14.4. The fraction of sp³-hybridized carbons (Fsp3) is 0.889. The van der Waals surface area contributed by atoms with Crippen molar-refractivity contribution >= 4 is 5.91 Å². The van der Waals surface area contributed by atoms with Gasteiger partial charge >= 0.3 is 0 Å². The Morgan fingerprint density at radius 2 is 2.31 bits per heavy atom. The van der Waals surface area contributed by atoms with Crippen LogP contribution >= 0.6 is 0 Å². The van der Waals surface area contributed by atoms with Crippen molar-refractivity contribution < 1.29 is 9.90 Å². The van der Waals surface area contributed by atoms with Crippen LogP contribution in [-0.4, -0.2) is 36.8 Å². The minimum atomic E-state index is -0.00771. The summed E-state index contributed by atoms with van der Waals surface area (Å²) in [5.74, 6) is 0.742. The van der Waals surface area contributed by atoms with Crippen LogP contribution in [-0.2, 0) is 4.79 Å². The van der Waals surface area contributed by atoms with Gasteiger partial charge in [0.1, 0.15) is 0 Å². The predicted octanol–water partition coefficient (Wildman–Crippen LogP) is -0.517. The first kappa shape index (κ1) is 10.5. The summed E-state index contributed by atoms with van der Waals surface area (Å²) in [6.07, 6.45) is 2.50. The normalized spacial score (nSPS) is 18.3. The van der Waals surface area contributed by atoms with Crippen molar-refractivity contribution in [3.8, 4) is 0 Å². The molecule has 0 heterocycles. The highest BCUT2D eigenvalue weighted by atomic mass is 16.3. The molecule has 0 aliphatic heterocycles. The van der Waals surface area contributed by atoms with Gasteiger partial charge in [-0.2, -0.15) is 0 Å². The SMILES string of the molecule is CC(CO)NCC(=O)NCC1CC1. The van der Waals surface area contributed by atoms with Crippen molar-refractivity contribution in [1.29, 1.82) is 0 Å². The zero-order valence-corrected chi connectivity index (χ0v) is 8.05.